The summed E-state index contributed by atoms with van der Waals surface area (Å²) in [6.07, 6.45) is 4.34. The number of nitrogens with zero attached hydrogens (tertiary/aromatic N) is 1. The summed E-state index contributed by atoms with van der Waals surface area (Å²) in [4.78, 5) is 25.8. The lowest BCUT2D eigenvalue weighted by atomic mass is 9.98. The number of piperazine rings is 1. The quantitative estimate of drug-likeness (QED) is 0.864. The van der Waals surface area contributed by atoms with Gasteiger partial charge in [-0.15, -0.1) is 0 Å². The number of hydrogen-bond acceptors (Lipinski definition) is 2. The standard InChI is InChI=1S/C17H22N2O2/c1-4-13-5-7-14(8-6-13)9-10-15(20)19-12-11-18-16(21)17(19,2)3/h5-10H,4,11-12H2,1-3H3,(H,18,21). The molecule has 0 atom stereocenters. The Labute approximate surface area is 125 Å². The number of aryl methyl sites for hydroxylation is 1. The van der Waals surface area contributed by atoms with Gasteiger partial charge in [0.15, 0.2) is 0 Å². The fraction of sp³-hybridized carbons (Fsp3) is 0.412. The first-order chi connectivity index (χ1) is 9.95. The van der Waals surface area contributed by atoms with Gasteiger partial charge in [-0.05, 0) is 37.5 Å². The second-order valence-corrected chi connectivity index (χ2v) is 5.73. The second-order valence-electron chi connectivity index (χ2n) is 5.73. The van der Waals surface area contributed by atoms with Gasteiger partial charge in [0.1, 0.15) is 5.54 Å². The van der Waals surface area contributed by atoms with E-state index in [0.717, 1.165) is 12.0 Å². The number of carbonyl (C=O) groups is 2. The van der Waals surface area contributed by atoms with Crippen LogP contribution in [0.5, 0.6) is 0 Å². The van der Waals surface area contributed by atoms with Gasteiger partial charge >= 0.3 is 0 Å². The average Bonchev–Trinajstić information content (AvgIpc) is 2.48. The fourth-order valence-electron chi connectivity index (χ4n) is 2.41. The Kier molecular flexibility index (Phi) is 4.46. The summed E-state index contributed by atoms with van der Waals surface area (Å²) >= 11 is 0. The largest absolute Gasteiger partial charge is 0.352 e. The lowest BCUT2D eigenvalue weighted by molar-refractivity contribution is -0.146. The summed E-state index contributed by atoms with van der Waals surface area (Å²) in [6, 6.07) is 8.11. The van der Waals surface area contributed by atoms with Crippen molar-refractivity contribution in [2.45, 2.75) is 32.7 Å². The Bertz CT molecular complexity index is 559. The summed E-state index contributed by atoms with van der Waals surface area (Å²) in [5.41, 5.74) is 1.46. The number of carbonyl (C=O) groups excluding carboxylic acids is 2. The number of nitrogens with one attached hydrogen (secondary N) is 1. The van der Waals surface area contributed by atoms with Crippen LogP contribution in [0.1, 0.15) is 31.9 Å². The third kappa shape index (κ3) is 3.32. The van der Waals surface area contributed by atoms with E-state index in [9.17, 15) is 9.59 Å². The van der Waals surface area contributed by atoms with Crippen molar-refractivity contribution in [1.29, 1.82) is 0 Å². The zero-order valence-electron chi connectivity index (χ0n) is 12.8. The molecule has 1 heterocycles. The van der Waals surface area contributed by atoms with Crippen LogP contribution in [0.15, 0.2) is 30.3 Å². The Balaban J connectivity index is 2.09. The van der Waals surface area contributed by atoms with Crippen molar-refractivity contribution >= 4 is 17.9 Å². The molecule has 1 N–H and O–H groups in total. The monoisotopic (exact) mass is 286 g/mol. The molecule has 1 aliphatic rings. The van der Waals surface area contributed by atoms with Gasteiger partial charge in [-0.25, -0.2) is 0 Å². The highest BCUT2D eigenvalue weighted by Gasteiger charge is 2.39. The minimum absolute atomic E-state index is 0.109. The second kappa shape index (κ2) is 6.12. The number of amides is 2. The highest BCUT2D eigenvalue weighted by molar-refractivity contribution is 5.97. The van der Waals surface area contributed by atoms with Crippen LogP contribution < -0.4 is 5.32 Å². The maximum absolute atomic E-state index is 12.3. The molecule has 1 saturated heterocycles. The molecule has 2 rings (SSSR count). The van der Waals surface area contributed by atoms with Crippen molar-refractivity contribution in [3.05, 3.63) is 41.5 Å². The lowest BCUT2D eigenvalue weighted by Gasteiger charge is -2.40. The predicted molar refractivity (Wildman–Crippen MR) is 83.7 cm³/mol. The zero-order chi connectivity index (χ0) is 15.5. The van der Waals surface area contributed by atoms with E-state index < -0.39 is 5.54 Å². The molecule has 1 fully saturated rings. The van der Waals surface area contributed by atoms with Crippen LogP contribution in [0.25, 0.3) is 6.08 Å². The van der Waals surface area contributed by atoms with Crippen molar-refractivity contribution in [3.8, 4) is 0 Å². The van der Waals surface area contributed by atoms with Crippen LogP contribution in [-0.4, -0.2) is 35.3 Å². The SMILES string of the molecule is CCc1ccc(C=CC(=O)N2CCNC(=O)C2(C)C)cc1. The van der Waals surface area contributed by atoms with Gasteiger partial charge in [0, 0.05) is 19.2 Å². The average molecular weight is 286 g/mol. The molecule has 0 unspecified atom stereocenters. The maximum atomic E-state index is 12.3. The molecule has 4 nitrogen and oxygen atoms in total. The summed E-state index contributed by atoms with van der Waals surface area (Å²) < 4.78 is 0. The minimum atomic E-state index is -0.800. The van der Waals surface area contributed by atoms with Crippen LogP contribution in [0.3, 0.4) is 0 Å². The van der Waals surface area contributed by atoms with Crippen molar-refractivity contribution in [3.63, 3.8) is 0 Å². The van der Waals surface area contributed by atoms with E-state index in [4.69, 9.17) is 0 Å². The summed E-state index contributed by atoms with van der Waals surface area (Å²) in [5, 5.41) is 2.79. The molecule has 0 spiro atoms. The number of benzene rings is 1. The number of hydrogen-bond donors (Lipinski definition) is 1. The molecule has 0 bridgehead atoms. The molecule has 2 amide bonds. The molecule has 1 aliphatic heterocycles. The fourth-order valence-corrected chi connectivity index (χ4v) is 2.41. The normalized spacial score (nSPS) is 17.9. The Morgan fingerprint density at radius 2 is 2.00 bits per heavy atom. The molecule has 0 radical (unpaired) electrons. The van der Waals surface area contributed by atoms with Crippen LogP contribution in [0.4, 0.5) is 0 Å². The maximum Gasteiger partial charge on any atom is 0.247 e. The molecular weight excluding hydrogens is 264 g/mol. The van der Waals surface area contributed by atoms with Gasteiger partial charge in [-0.2, -0.15) is 0 Å². The van der Waals surface area contributed by atoms with E-state index in [1.165, 1.54) is 5.56 Å². The molecule has 4 heteroatoms. The van der Waals surface area contributed by atoms with E-state index in [0.29, 0.717) is 13.1 Å². The van der Waals surface area contributed by atoms with Crippen molar-refractivity contribution < 1.29 is 9.59 Å². The number of rotatable bonds is 3. The first-order valence-electron chi connectivity index (χ1n) is 7.32. The van der Waals surface area contributed by atoms with Crippen LogP contribution in [0, 0.1) is 0 Å². The van der Waals surface area contributed by atoms with Gasteiger partial charge in [0.25, 0.3) is 0 Å². The van der Waals surface area contributed by atoms with E-state index in [1.54, 1.807) is 30.9 Å². The Morgan fingerprint density at radius 1 is 1.33 bits per heavy atom. The molecule has 0 aromatic heterocycles. The third-order valence-corrected chi connectivity index (χ3v) is 3.92. The summed E-state index contributed by atoms with van der Waals surface area (Å²) in [7, 11) is 0. The van der Waals surface area contributed by atoms with Crippen molar-refractivity contribution in [1.82, 2.24) is 10.2 Å². The van der Waals surface area contributed by atoms with Gasteiger partial charge in [0.05, 0.1) is 0 Å². The van der Waals surface area contributed by atoms with Crippen LogP contribution in [0.2, 0.25) is 0 Å². The van der Waals surface area contributed by atoms with E-state index >= 15 is 0 Å². The van der Waals surface area contributed by atoms with Gasteiger partial charge < -0.3 is 10.2 Å². The third-order valence-electron chi connectivity index (χ3n) is 3.92. The topological polar surface area (TPSA) is 49.4 Å². The highest BCUT2D eigenvalue weighted by Crippen LogP contribution is 2.18. The summed E-state index contributed by atoms with van der Waals surface area (Å²) in [5.74, 6) is -0.239. The van der Waals surface area contributed by atoms with Crippen molar-refractivity contribution in [2.75, 3.05) is 13.1 Å². The minimum Gasteiger partial charge on any atom is -0.352 e. The van der Waals surface area contributed by atoms with Gasteiger partial charge in [-0.1, -0.05) is 31.2 Å². The first kappa shape index (κ1) is 15.3. The summed E-state index contributed by atoms with van der Waals surface area (Å²) in [6.45, 7) is 6.69. The molecule has 1 aromatic carbocycles. The van der Waals surface area contributed by atoms with Gasteiger partial charge in [0.2, 0.25) is 11.8 Å². The smallest absolute Gasteiger partial charge is 0.247 e. The molecule has 0 saturated carbocycles. The van der Waals surface area contributed by atoms with Gasteiger partial charge in [-0.3, -0.25) is 9.59 Å². The van der Waals surface area contributed by atoms with Crippen molar-refractivity contribution in [2.24, 2.45) is 0 Å². The molecule has 0 aliphatic carbocycles. The van der Waals surface area contributed by atoms with E-state index in [-0.39, 0.29) is 11.8 Å². The first-order valence-corrected chi connectivity index (χ1v) is 7.32. The molecular formula is C17H22N2O2. The highest BCUT2D eigenvalue weighted by atomic mass is 16.2. The van der Waals surface area contributed by atoms with E-state index in [1.807, 2.05) is 12.1 Å². The molecule has 112 valence electrons. The predicted octanol–water partition coefficient (Wildman–Crippen LogP) is 2.00. The lowest BCUT2D eigenvalue weighted by Crippen LogP contribution is -2.63. The molecule has 21 heavy (non-hydrogen) atoms. The zero-order valence-corrected chi connectivity index (χ0v) is 12.8. The Hall–Kier alpha value is -2.10. The molecule has 1 aromatic rings. The Morgan fingerprint density at radius 3 is 2.62 bits per heavy atom. The van der Waals surface area contributed by atoms with Crippen LogP contribution in [-0.2, 0) is 16.0 Å². The van der Waals surface area contributed by atoms with E-state index in [2.05, 4.69) is 24.4 Å². The van der Waals surface area contributed by atoms with Crippen LogP contribution >= 0.6 is 0 Å².